The van der Waals surface area contributed by atoms with E-state index >= 15 is 0 Å². The Bertz CT molecular complexity index is 1510. The van der Waals surface area contributed by atoms with Gasteiger partial charge >= 0.3 is 235 Å². The van der Waals surface area contributed by atoms with Crippen LogP contribution in [0.1, 0.15) is 40.5 Å². The molecule has 8 heteroatoms. The molecule has 0 bridgehead atoms. The van der Waals surface area contributed by atoms with Crippen molar-refractivity contribution in [3.63, 3.8) is 0 Å². The molecule has 4 aromatic rings. The van der Waals surface area contributed by atoms with Crippen molar-refractivity contribution in [2.45, 2.75) is 31.6 Å². The maximum absolute atomic E-state index is 14.0. The summed E-state index contributed by atoms with van der Waals surface area (Å²) in [5, 5.41) is 11.6. The van der Waals surface area contributed by atoms with Gasteiger partial charge < -0.3 is 0 Å². The monoisotopic (exact) mass is 636 g/mol. The van der Waals surface area contributed by atoms with Crippen LogP contribution in [-0.4, -0.2) is 76.0 Å². The number of rotatable bonds is 6. The van der Waals surface area contributed by atoms with E-state index in [2.05, 4.69) is 21.9 Å². The number of hydrogen-bond donors (Lipinski definition) is 1. The first-order valence-electron chi connectivity index (χ1n) is 13.3. The normalized spacial score (nSPS) is 19.5. The summed E-state index contributed by atoms with van der Waals surface area (Å²) in [5.41, 5.74) is 4.24. The van der Waals surface area contributed by atoms with Crippen LogP contribution in [0, 0.1) is 0 Å². The number of aliphatic hydroxyl groups is 1. The van der Waals surface area contributed by atoms with E-state index in [1.807, 2.05) is 48.5 Å². The fourth-order valence-corrected chi connectivity index (χ4v) is 10.7. The van der Waals surface area contributed by atoms with Crippen molar-refractivity contribution in [3.05, 3.63) is 75.3 Å². The standard InChI is InChI=1S/C30H28N4O2Se2/c35-25-21(27-23(19-11-3-1-4-12-19)31-29(37-27)33-15-7-8-16-33)26(36)22(25)28-24(20-13-5-2-6-14-20)32-30(38-28)34-17-9-10-18-34/h1-6,11-14,21,35H,7-10,15-18H2. The summed E-state index contributed by atoms with van der Waals surface area (Å²) in [6, 6.07) is 20.2. The van der Waals surface area contributed by atoms with E-state index in [1.54, 1.807) is 0 Å². The van der Waals surface area contributed by atoms with Crippen molar-refractivity contribution in [3.8, 4) is 22.5 Å². The van der Waals surface area contributed by atoms with Crippen LogP contribution in [0.3, 0.4) is 0 Å². The van der Waals surface area contributed by atoms with Gasteiger partial charge in [-0.15, -0.1) is 0 Å². The van der Waals surface area contributed by atoms with Crippen molar-refractivity contribution >= 4 is 49.7 Å². The number of hydrogen-bond acceptors (Lipinski definition) is 6. The average molecular weight is 634 g/mol. The number of aromatic nitrogens is 2. The van der Waals surface area contributed by atoms with Gasteiger partial charge in [0.25, 0.3) is 0 Å². The van der Waals surface area contributed by atoms with E-state index in [-0.39, 0.29) is 40.5 Å². The van der Waals surface area contributed by atoms with E-state index in [0.29, 0.717) is 5.57 Å². The molecule has 1 N–H and O–H groups in total. The molecule has 2 fully saturated rings. The second kappa shape index (κ2) is 10.0. The Balaban J connectivity index is 1.32. The summed E-state index contributed by atoms with van der Waals surface area (Å²) in [6.45, 7) is 4.08. The SMILES string of the molecule is O=C1C(c2[se]c(N3CCCC3)nc2-c2ccccc2)=C(O)C1c1[se]c(N2CCCC2)nc1-c1ccccc1. The zero-order valence-corrected chi connectivity index (χ0v) is 24.4. The third kappa shape index (κ3) is 4.11. The van der Waals surface area contributed by atoms with Gasteiger partial charge in [0.05, 0.1) is 0 Å². The zero-order valence-electron chi connectivity index (χ0n) is 21.0. The molecule has 1 unspecified atom stereocenters. The molecule has 0 radical (unpaired) electrons. The Morgan fingerprint density at radius 3 is 1.76 bits per heavy atom. The van der Waals surface area contributed by atoms with Crippen LogP contribution in [0.25, 0.3) is 28.1 Å². The number of carbonyl (C=O) groups excluding carboxylic acids is 1. The molecule has 0 saturated carbocycles. The molecule has 2 aliphatic heterocycles. The summed E-state index contributed by atoms with van der Waals surface area (Å²) in [5.74, 6) is -0.365. The molecule has 1 atom stereocenters. The first-order chi connectivity index (χ1) is 18.7. The minimum atomic E-state index is -0.597. The van der Waals surface area contributed by atoms with E-state index in [9.17, 15) is 9.90 Å². The number of allylic oxidation sites excluding steroid dienone is 2. The van der Waals surface area contributed by atoms with Crippen molar-refractivity contribution in [1.29, 1.82) is 0 Å². The molecule has 7 rings (SSSR count). The molecule has 38 heavy (non-hydrogen) atoms. The van der Waals surface area contributed by atoms with Crippen LogP contribution in [0.15, 0.2) is 66.4 Å². The molecule has 192 valence electrons. The number of aliphatic hydroxyl groups excluding tert-OH is 1. The average Bonchev–Trinajstić information content (AvgIpc) is 3.77. The van der Waals surface area contributed by atoms with Crippen molar-refractivity contribution in [2.24, 2.45) is 0 Å². The fraction of sp³-hybridized carbons (Fsp3) is 0.300. The topological polar surface area (TPSA) is 69.6 Å². The van der Waals surface area contributed by atoms with Crippen molar-refractivity contribution in [2.75, 3.05) is 36.0 Å². The molecular formula is C30H28N4O2Se2. The fourth-order valence-electron chi connectivity index (χ4n) is 5.61. The van der Waals surface area contributed by atoms with E-state index < -0.39 is 5.92 Å². The van der Waals surface area contributed by atoms with Gasteiger partial charge in [-0.2, -0.15) is 0 Å². The number of benzene rings is 2. The van der Waals surface area contributed by atoms with Gasteiger partial charge in [-0.25, -0.2) is 0 Å². The number of anilines is 2. The molecule has 0 spiro atoms. The summed E-state index contributed by atoms with van der Waals surface area (Å²) in [4.78, 5) is 28.8. The third-order valence-corrected chi connectivity index (χ3v) is 12.5. The molecular weight excluding hydrogens is 606 g/mol. The summed E-state index contributed by atoms with van der Waals surface area (Å²) in [6.07, 6.45) is 4.72. The Morgan fingerprint density at radius 2 is 1.21 bits per heavy atom. The molecule has 2 aromatic carbocycles. The summed E-state index contributed by atoms with van der Waals surface area (Å²) < 4.78 is 4.09. The van der Waals surface area contributed by atoms with Crippen LogP contribution in [-0.2, 0) is 4.79 Å². The van der Waals surface area contributed by atoms with Gasteiger partial charge in [0.1, 0.15) is 0 Å². The molecule has 4 heterocycles. The number of Topliss-reactive ketones (excluding diaryl/α,β-unsaturated/α-hetero) is 1. The van der Waals surface area contributed by atoms with Crippen LogP contribution >= 0.6 is 0 Å². The predicted octanol–water partition coefficient (Wildman–Crippen LogP) is 4.76. The predicted molar refractivity (Wildman–Crippen MR) is 153 cm³/mol. The van der Waals surface area contributed by atoms with Gasteiger partial charge in [0.2, 0.25) is 0 Å². The zero-order chi connectivity index (χ0) is 25.6. The first kappa shape index (κ1) is 24.2. The Morgan fingerprint density at radius 1 is 0.711 bits per heavy atom. The Kier molecular flexibility index (Phi) is 6.37. The van der Waals surface area contributed by atoms with Gasteiger partial charge in [-0.05, 0) is 0 Å². The van der Waals surface area contributed by atoms with Crippen molar-refractivity contribution in [1.82, 2.24) is 9.97 Å². The van der Waals surface area contributed by atoms with Gasteiger partial charge in [0.15, 0.2) is 0 Å². The number of nitrogens with zero attached hydrogens (tertiary/aromatic N) is 4. The van der Waals surface area contributed by atoms with Crippen LogP contribution in [0.2, 0.25) is 0 Å². The van der Waals surface area contributed by atoms with Gasteiger partial charge in [-0.3, -0.25) is 0 Å². The van der Waals surface area contributed by atoms with Crippen LogP contribution in [0.5, 0.6) is 0 Å². The quantitative estimate of drug-likeness (QED) is 0.309. The first-order valence-corrected chi connectivity index (χ1v) is 16.7. The van der Waals surface area contributed by atoms with Gasteiger partial charge in [0, 0.05) is 0 Å². The van der Waals surface area contributed by atoms with E-state index in [4.69, 9.17) is 9.97 Å². The minimum absolute atomic E-state index is 0.0221. The van der Waals surface area contributed by atoms with Gasteiger partial charge in [-0.1, -0.05) is 0 Å². The molecule has 6 nitrogen and oxygen atoms in total. The summed E-state index contributed by atoms with van der Waals surface area (Å²) in [7, 11) is 0. The molecule has 3 aliphatic rings. The van der Waals surface area contributed by atoms with E-state index in [1.165, 1.54) is 25.7 Å². The van der Waals surface area contributed by atoms with E-state index in [0.717, 1.165) is 67.0 Å². The van der Waals surface area contributed by atoms with Crippen molar-refractivity contribution < 1.29 is 9.90 Å². The number of carbonyl (C=O) groups is 1. The molecule has 2 aromatic heterocycles. The Labute approximate surface area is 234 Å². The Hall–Kier alpha value is -2.89. The molecule has 0 amide bonds. The second-order valence-corrected chi connectivity index (χ2v) is 14.2. The summed E-state index contributed by atoms with van der Waals surface area (Å²) >= 11 is -0.210. The molecule has 1 aliphatic carbocycles. The van der Waals surface area contributed by atoms with Crippen LogP contribution < -0.4 is 9.80 Å². The van der Waals surface area contributed by atoms with Crippen LogP contribution in [0.4, 0.5) is 9.38 Å². The molecule has 2 saturated heterocycles. The second-order valence-electron chi connectivity index (χ2n) is 10.1. The maximum atomic E-state index is 14.0. The number of ketones is 1. The third-order valence-electron chi connectivity index (χ3n) is 7.63.